The molecule has 1 atom stereocenters. The van der Waals surface area contributed by atoms with Crippen LogP contribution in [0.1, 0.15) is 30.1 Å². The summed E-state index contributed by atoms with van der Waals surface area (Å²) in [6.45, 7) is 1.91. The molecule has 1 amide bonds. The van der Waals surface area contributed by atoms with Crippen LogP contribution in [-0.2, 0) is 4.79 Å². The van der Waals surface area contributed by atoms with Gasteiger partial charge in [-0.1, -0.05) is 18.5 Å². The van der Waals surface area contributed by atoms with Gasteiger partial charge in [0, 0.05) is 13.1 Å². The van der Waals surface area contributed by atoms with Crippen molar-refractivity contribution in [3.63, 3.8) is 0 Å². The first-order valence-electron chi connectivity index (χ1n) is 6.48. The van der Waals surface area contributed by atoms with Crippen molar-refractivity contribution in [1.82, 2.24) is 4.90 Å². The monoisotopic (exact) mass is 317 g/mol. The number of carboxylic acid groups (broad SMARTS) is 1. The van der Waals surface area contributed by atoms with Crippen molar-refractivity contribution < 1.29 is 23.5 Å². The van der Waals surface area contributed by atoms with Gasteiger partial charge in [-0.25, -0.2) is 8.78 Å². The normalized spacial score (nSPS) is 21.6. The third-order valence-electron chi connectivity index (χ3n) is 4.01. The van der Waals surface area contributed by atoms with Crippen LogP contribution in [-0.4, -0.2) is 35.0 Å². The summed E-state index contributed by atoms with van der Waals surface area (Å²) in [7, 11) is 0. The van der Waals surface area contributed by atoms with Crippen molar-refractivity contribution >= 4 is 23.5 Å². The molecule has 2 rings (SSSR count). The molecular formula is C14H14ClF2NO3. The maximum atomic E-state index is 13.8. The van der Waals surface area contributed by atoms with Crippen LogP contribution in [0.25, 0.3) is 0 Å². The Kier molecular flexibility index (Phi) is 4.18. The number of likely N-dealkylation sites (tertiary alicyclic amines) is 1. The molecule has 7 heteroatoms. The Bertz CT molecular complexity index is 608. The lowest BCUT2D eigenvalue weighted by Crippen LogP contribution is -2.36. The molecule has 1 fully saturated rings. The average molecular weight is 318 g/mol. The van der Waals surface area contributed by atoms with Gasteiger partial charge < -0.3 is 10.0 Å². The van der Waals surface area contributed by atoms with Crippen molar-refractivity contribution in [2.45, 2.75) is 19.8 Å². The van der Waals surface area contributed by atoms with Gasteiger partial charge in [-0.05, 0) is 25.0 Å². The van der Waals surface area contributed by atoms with Crippen LogP contribution >= 0.6 is 11.6 Å². The van der Waals surface area contributed by atoms with E-state index in [1.807, 2.05) is 0 Å². The number of carbonyl (C=O) groups excluding carboxylic acids is 1. The molecule has 0 aromatic heterocycles. The summed E-state index contributed by atoms with van der Waals surface area (Å²) in [5, 5.41) is 8.88. The van der Waals surface area contributed by atoms with Crippen LogP contribution < -0.4 is 0 Å². The van der Waals surface area contributed by atoms with Crippen molar-refractivity contribution in [3.8, 4) is 0 Å². The second kappa shape index (κ2) is 5.60. The third-order valence-corrected chi connectivity index (χ3v) is 4.30. The van der Waals surface area contributed by atoms with Gasteiger partial charge in [0.2, 0.25) is 0 Å². The predicted octanol–water partition coefficient (Wildman–Crippen LogP) is 2.95. The van der Waals surface area contributed by atoms with Gasteiger partial charge in [0.05, 0.1) is 16.0 Å². The fourth-order valence-corrected chi connectivity index (χ4v) is 2.67. The van der Waals surface area contributed by atoms with Crippen LogP contribution in [0, 0.1) is 17.0 Å². The van der Waals surface area contributed by atoms with Gasteiger partial charge in [-0.15, -0.1) is 0 Å². The first-order chi connectivity index (χ1) is 9.80. The summed E-state index contributed by atoms with van der Waals surface area (Å²) < 4.78 is 27.1. The topological polar surface area (TPSA) is 57.6 Å². The molecule has 0 saturated carbocycles. The Morgan fingerprint density at radius 1 is 1.38 bits per heavy atom. The number of amides is 1. The van der Waals surface area contributed by atoms with Crippen molar-refractivity contribution in [3.05, 3.63) is 34.4 Å². The first-order valence-corrected chi connectivity index (χ1v) is 6.86. The summed E-state index contributed by atoms with van der Waals surface area (Å²) in [5.41, 5.74) is -1.45. The summed E-state index contributed by atoms with van der Waals surface area (Å²) in [5.74, 6) is -3.51. The minimum absolute atomic E-state index is 0.0125. The lowest BCUT2D eigenvalue weighted by molar-refractivity contribution is -0.148. The van der Waals surface area contributed by atoms with E-state index in [2.05, 4.69) is 0 Å². The molecule has 1 N–H and O–H groups in total. The third kappa shape index (κ3) is 2.72. The van der Waals surface area contributed by atoms with Gasteiger partial charge >= 0.3 is 5.97 Å². The minimum atomic E-state index is -1.02. The number of carbonyl (C=O) groups is 2. The molecule has 1 aliphatic rings. The van der Waals surface area contributed by atoms with E-state index in [0.717, 1.165) is 12.1 Å². The zero-order valence-electron chi connectivity index (χ0n) is 11.3. The van der Waals surface area contributed by atoms with Crippen molar-refractivity contribution in [2.75, 3.05) is 13.1 Å². The van der Waals surface area contributed by atoms with E-state index in [0.29, 0.717) is 12.8 Å². The maximum Gasteiger partial charge on any atom is 0.311 e. The quantitative estimate of drug-likeness (QED) is 0.872. The molecule has 0 bridgehead atoms. The molecule has 1 aromatic rings. The molecule has 1 saturated heterocycles. The second-order valence-electron chi connectivity index (χ2n) is 5.16. The number of carboxylic acids is 1. The van der Waals surface area contributed by atoms with Crippen molar-refractivity contribution in [1.29, 1.82) is 0 Å². The maximum absolute atomic E-state index is 13.8. The number of aliphatic carboxylic acids is 1. The fraction of sp³-hybridized carbons (Fsp3) is 0.429. The van der Waals surface area contributed by atoms with Gasteiger partial charge in [-0.3, -0.25) is 9.59 Å². The lowest BCUT2D eigenvalue weighted by atomic mass is 9.84. The molecule has 0 spiro atoms. The predicted molar refractivity (Wildman–Crippen MR) is 72.2 cm³/mol. The van der Waals surface area contributed by atoms with Crippen LogP contribution in [0.3, 0.4) is 0 Å². The molecule has 0 aliphatic carbocycles. The molecule has 114 valence electrons. The van der Waals surface area contributed by atoms with E-state index in [1.54, 1.807) is 6.92 Å². The molecule has 1 heterocycles. The van der Waals surface area contributed by atoms with E-state index < -0.39 is 39.5 Å². The van der Waals surface area contributed by atoms with Crippen LogP contribution in [0.4, 0.5) is 8.78 Å². The van der Waals surface area contributed by atoms with Gasteiger partial charge in [-0.2, -0.15) is 0 Å². The zero-order chi connectivity index (χ0) is 15.8. The zero-order valence-corrected chi connectivity index (χ0v) is 12.1. The minimum Gasteiger partial charge on any atom is -0.481 e. The van der Waals surface area contributed by atoms with E-state index in [-0.39, 0.29) is 13.1 Å². The summed E-state index contributed by atoms with van der Waals surface area (Å²) >= 11 is 5.44. The Labute approximate surface area is 125 Å². The Hall–Kier alpha value is -1.69. The molecule has 1 unspecified atom stereocenters. The number of hydrogen-bond donors (Lipinski definition) is 1. The molecule has 1 aliphatic heterocycles. The lowest BCUT2D eigenvalue weighted by Gasteiger charge is -2.23. The van der Waals surface area contributed by atoms with Crippen molar-refractivity contribution in [2.24, 2.45) is 5.41 Å². The van der Waals surface area contributed by atoms with Gasteiger partial charge in [0.1, 0.15) is 11.6 Å². The van der Waals surface area contributed by atoms with Crippen LogP contribution in [0.5, 0.6) is 0 Å². The highest BCUT2D eigenvalue weighted by molar-refractivity contribution is 6.30. The highest BCUT2D eigenvalue weighted by Crippen LogP contribution is 2.35. The Morgan fingerprint density at radius 3 is 2.57 bits per heavy atom. The summed E-state index contributed by atoms with van der Waals surface area (Å²) in [6.07, 6.45) is 0.659. The average Bonchev–Trinajstić information content (AvgIpc) is 2.88. The summed E-state index contributed by atoms with van der Waals surface area (Å²) in [6, 6.07) is 1.48. The number of rotatable bonds is 3. The van der Waals surface area contributed by atoms with E-state index >= 15 is 0 Å². The van der Waals surface area contributed by atoms with Crippen LogP contribution in [0.15, 0.2) is 12.1 Å². The Balaban J connectivity index is 2.27. The first kappa shape index (κ1) is 15.7. The molecule has 1 aromatic carbocycles. The molecule has 0 radical (unpaired) electrons. The van der Waals surface area contributed by atoms with E-state index in [9.17, 15) is 23.5 Å². The number of hydrogen-bond acceptors (Lipinski definition) is 2. The highest BCUT2D eigenvalue weighted by atomic mass is 35.5. The molecule has 21 heavy (non-hydrogen) atoms. The van der Waals surface area contributed by atoms with E-state index in [4.69, 9.17) is 11.6 Å². The SMILES string of the molecule is CCC1(C(=O)O)CCN(C(=O)c2cc(F)c(Cl)cc2F)C1. The summed E-state index contributed by atoms with van der Waals surface area (Å²) in [4.78, 5) is 24.8. The van der Waals surface area contributed by atoms with E-state index in [1.165, 1.54) is 4.90 Å². The fourth-order valence-electron chi connectivity index (χ4n) is 2.52. The van der Waals surface area contributed by atoms with Crippen LogP contribution in [0.2, 0.25) is 5.02 Å². The number of halogens is 3. The largest absolute Gasteiger partial charge is 0.481 e. The van der Waals surface area contributed by atoms with Gasteiger partial charge in [0.25, 0.3) is 5.91 Å². The standard InChI is InChI=1S/C14H14ClF2NO3/c1-2-14(13(20)21)3-4-18(7-14)12(19)8-5-11(17)9(15)6-10(8)16/h5-6H,2-4,7H2,1H3,(H,20,21). The Morgan fingerprint density at radius 2 is 2.05 bits per heavy atom. The molecule has 4 nitrogen and oxygen atoms in total. The van der Waals surface area contributed by atoms with Gasteiger partial charge in [0.15, 0.2) is 0 Å². The molecular weight excluding hydrogens is 304 g/mol. The highest BCUT2D eigenvalue weighted by Gasteiger charge is 2.45. The number of nitrogens with zero attached hydrogens (tertiary/aromatic N) is 1. The smallest absolute Gasteiger partial charge is 0.311 e. The number of benzene rings is 1. The second-order valence-corrected chi connectivity index (χ2v) is 5.57.